The molecule has 2 heterocycles. The average molecular weight is 391 g/mol. The zero-order valence-corrected chi connectivity index (χ0v) is 17.1. The van der Waals surface area contributed by atoms with E-state index in [2.05, 4.69) is 42.2 Å². The lowest BCUT2D eigenvalue weighted by atomic mass is 10.1. The van der Waals surface area contributed by atoms with Gasteiger partial charge in [0.15, 0.2) is 0 Å². The van der Waals surface area contributed by atoms with Crippen LogP contribution in [0.5, 0.6) is 5.75 Å². The first-order chi connectivity index (χ1) is 14.0. The molecule has 29 heavy (non-hydrogen) atoms. The molecule has 0 atom stereocenters. The number of nitrogens with zero attached hydrogens (tertiary/aromatic N) is 5. The highest BCUT2D eigenvalue weighted by Crippen LogP contribution is 2.34. The van der Waals surface area contributed by atoms with Gasteiger partial charge in [0.1, 0.15) is 11.6 Å². The van der Waals surface area contributed by atoms with E-state index < -0.39 is 0 Å². The number of nitrogens with one attached hydrogen (secondary N) is 2. The van der Waals surface area contributed by atoms with E-state index >= 15 is 0 Å². The molecule has 0 amide bonds. The maximum Gasteiger partial charge on any atom is 0.229 e. The van der Waals surface area contributed by atoms with E-state index in [1.807, 2.05) is 57.6 Å². The van der Waals surface area contributed by atoms with Gasteiger partial charge in [0.25, 0.3) is 0 Å². The summed E-state index contributed by atoms with van der Waals surface area (Å²) in [6, 6.07) is 7.71. The number of hydrogen-bond donors (Lipinski definition) is 2. The van der Waals surface area contributed by atoms with Crippen molar-refractivity contribution in [3.8, 4) is 5.75 Å². The fourth-order valence-electron chi connectivity index (χ4n) is 3.03. The summed E-state index contributed by atoms with van der Waals surface area (Å²) in [4.78, 5) is 19.3. The van der Waals surface area contributed by atoms with Gasteiger partial charge in [-0.05, 0) is 38.8 Å². The second-order valence-electron chi connectivity index (χ2n) is 6.38. The molecule has 1 aliphatic heterocycles. The van der Waals surface area contributed by atoms with E-state index in [4.69, 9.17) is 4.74 Å². The topological polar surface area (TPSA) is 87.0 Å². The van der Waals surface area contributed by atoms with Crippen LogP contribution in [-0.2, 0) is 0 Å². The van der Waals surface area contributed by atoms with Crippen molar-refractivity contribution in [3.63, 3.8) is 0 Å². The van der Waals surface area contributed by atoms with Crippen LogP contribution in [0.3, 0.4) is 0 Å². The Balaban J connectivity index is 2.04. The van der Waals surface area contributed by atoms with Crippen molar-refractivity contribution in [3.05, 3.63) is 53.6 Å². The molecule has 150 valence electrons. The Morgan fingerprint density at radius 3 is 2.76 bits per heavy atom. The third-order valence-electron chi connectivity index (χ3n) is 4.40. The summed E-state index contributed by atoms with van der Waals surface area (Å²) in [6.45, 7) is 8.18. The van der Waals surface area contributed by atoms with Crippen LogP contribution < -0.4 is 15.4 Å². The van der Waals surface area contributed by atoms with Gasteiger partial charge in [0.05, 0.1) is 25.0 Å². The van der Waals surface area contributed by atoms with Gasteiger partial charge < -0.3 is 20.3 Å². The summed E-state index contributed by atoms with van der Waals surface area (Å²) in [5, 5.41) is 6.32. The van der Waals surface area contributed by atoms with Gasteiger partial charge in [-0.2, -0.15) is 4.98 Å². The summed E-state index contributed by atoms with van der Waals surface area (Å²) >= 11 is 0. The highest BCUT2D eigenvalue weighted by atomic mass is 16.5. The molecule has 1 aliphatic rings. The third kappa shape index (κ3) is 4.60. The van der Waals surface area contributed by atoms with Crippen LogP contribution in [-0.4, -0.2) is 48.5 Å². The number of aliphatic imine (C=N–C) groups is 2. The molecule has 0 fully saturated rings. The zero-order valence-electron chi connectivity index (χ0n) is 17.1. The summed E-state index contributed by atoms with van der Waals surface area (Å²) in [7, 11) is 3.48. The minimum absolute atomic E-state index is 0.513. The molecule has 8 nitrogen and oxygen atoms in total. The van der Waals surface area contributed by atoms with Crippen molar-refractivity contribution in [2.24, 2.45) is 9.98 Å². The molecule has 3 rings (SSSR count). The van der Waals surface area contributed by atoms with Crippen molar-refractivity contribution in [1.82, 2.24) is 14.9 Å². The van der Waals surface area contributed by atoms with Crippen LogP contribution in [0.2, 0.25) is 0 Å². The largest absolute Gasteiger partial charge is 0.496 e. The molecule has 0 aliphatic carbocycles. The Hall–Kier alpha value is -3.68. The van der Waals surface area contributed by atoms with Crippen LogP contribution >= 0.6 is 0 Å². The quantitative estimate of drug-likeness (QED) is 0.698. The molecule has 8 heteroatoms. The van der Waals surface area contributed by atoms with Gasteiger partial charge in [-0.3, -0.25) is 9.98 Å². The van der Waals surface area contributed by atoms with E-state index in [0.29, 0.717) is 12.5 Å². The lowest BCUT2D eigenvalue weighted by Crippen LogP contribution is -2.21. The minimum atomic E-state index is 0.513. The highest BCUT2D eigenvalue weighted by Gasteiger charge is 2.19. The van der Waals surface area contributed by atoms with Crippen LogP contribution in [0.4, 0.5) is 17.5 Å². The Morgan fingerprint density at radius 1 is 1.28 bits per heavy atom. The number of ether oxygens (including phenoxy) is 1. The molecule has 0 unspecified atom stereocenters. The summed E-state index contributed by atoms with van der Waals surface area (Å²) in [6.07, 6.45) is 5.49. The van der Waals surface area contributed by atoms with Crippen molar-refractivity contribution in [2.75, 3.05) is 31.3 Å². The Labute approximate surface area is 170 Å². The smallest absolute Gasteiger partial charge is 0.229 e. The first kappa shape index (κ1) is 20.1. The average Bonchev–Trinajstić information content (AvgIpc) is 2.74. The Morgan fingerprint density at radius 2 is 2.10 bits per heavy atom. The van der Waals surface area contributed by atoms with E-state index in [9.17, 15) is 0 Å². The lowest BCUT2D eigenvalue weighted by molar-refractivity contribution is 0.411. The molecule has 2 N–H and O–H groups in total. The standard InChI is InChI=1S/C21H25N7O/c1-14-12-19(23-4)27-21(25-14)26-16-6-7-18(29-5)17(13-16)20(15(2)22-3)28-10-8-24-9-11-28/h6-10,12-13H,3,11H2,1-2,4-5H3,(H2,23,25,26,27)/b20-15-. The summed E-state index contributed by atoms with van der Waals surface area (Å²) < 4.78 is 5.62. The molecular formula is C21H25N7O. The molecule has 0 saturated carbocycles. The van der Waals surface area contributed by atoms with Crippen molar-refractivity contribution in [1.29, 1.82) is 0 Å². The number of aryl methyl sites for hydroxylation is 1. The Kier molecular flexibility index (Phi) is 6.23. The SMILES string of the molecule is C=N/C(C)=C(/c1cc(Nc2nc(C)cc(NC)n2)ccc1OC)N1C=CN=CC1. The monoisotopic (exact) mass is 391 g/mol. The predicted molar refractivity (Wildman–Crippen MR) is 119 cm³/mol. The van der Waals surface area contributed by atoms with Crippen molar-refractivity contribution in [2.45, 2.75) is 13.8 Å². The molecular weight excluding hydrogens is 366 g/mol. The number of allylic oxidation sites excluding steroid dienone is 1. The maximum absolute atomic E-state index is 5.62. The number of benzene rings is 1. The van der Waals surface area contributed by atoms with E-state index in [1.165, 1.54) is 0 Å². The normalized spacial score (nSPS) is 13.7. The number of methoxy groups -OCH3 is 1. The van der Waals surface area contributed by atoms with Crippen LogP contribution in [0, 0.1) is 6.92 Å². The van der Waals surface area contributed by atoms with Gasteiger partial charge in [-0.1, -0.05) is 0 Å². The number of hydrogen-bond acceptors (Lipinski definition) is 8. The zero-order chi connectivity index (χ0) is 20.8. The third-order valence-corrected chi connectivity index (χ3v) is 4.40. The van der Waals surface area contributed by atoms with Crippen molar-refractivity contribution < 1.29 is 4.74 Å². The van der Waals surface area contributed by atoms with Gasteiger partial charge in [0.2, 0.25) is 5.95 Å². The van der Waals surface area contributed by atoms with Gasteiger partial charge in [-0.25, -0.2) is 4.98 Å². The fraction of sp³-hybridized carbons (Fsp3) is 0.238. The number of anilines is 3. The molecule has 1 aromatic carbocycles. The molecule has 2 aromatic rings. The predicted octanol–water partition coefficient (Wildman–Crippen LogP) is 3.83. The van der Waals surface area contributed by atoms with E-state index in [0.717, 1.165) is 39.9 Å². The molecule has 1 aromatic heterocycles. The van der Waals surface area contributed by atoms with Gasteiger partial charge in [0, 0.05) is 48.7 Å². The molecule has 0 radical (unpaired) electrons. The first-order valence-electron chi connectivity index (χ1n) is 9.17. The lowest BCUT2D eigenvalue weighted by Gasteiger charge is -2.26. The molecule has 0 bridgehead atoms. The second kappa shape index (κ2) is 9.01. The van der Waals surface area contributed by atoms with Gasteiger partial charge >= 0.3 is 0 Å². The highest BCUT2D eigenvalue weighted by molar-refractivity contribution is 5.78. The van der Waals surface area contributed by atoms with Crippen LogP contribution in [0.15, 0.2) is 52.3 Å². The molecule has 0 saturated heterocycles. The van der Waals surface area contributed by atoms with Crippen molar-refractivity contribution >= 4 is 36.1 Å². The first-order valence-corrected chi connectivity index (χ1v) is 9.17. The summed E-state index contributed by atoms with van der Waals surface area (Å²) in [5.74, 6) is 1.99. The van der Waals surface area contributed by atoms with Gasteiger partial charge in [-0.15, -0.1) is 0 Å². The number of rotatable bonds is 7. The minimum Gasteiger partial charge on any atom is -0.496 e. The second-order valence-corrected chi connectivity index (χ2v) is 6.38. The Bertz CT molecular complexity index is 995. The van der Waals surface area contributed by atoms with E-state index in [-0.39, 0.29) is 0 Å². The molecule has 0 spiro atoms. The van der Waals surface area contributed by atoms with Crippen LogP contribution in [0.1, 0.15) is 18.2 Å². The fourth-order valence-corrected chi connectivity index (χ4v) is 3.03. The van der Waals surface area contributed by atoms with E-state index in [1.54, 1.807) is 13.3 Å². The maximum atomic E-state index is 5.62. The summed E-state index contributed by atoms with van der Waals surface area (Å²) in [5.41, 5.74) is 4.25. The van der Waals surface area contributed by atoms with Crippen LogP contribution in [0.25, 0.3) is 5.70 Å². The number of aromatic nitrogens is 2.